The molecule has 3 aromatic rings. The van der Waals surface area contributed by atoms with Crippen LogP contribution in [0.3, 0.4) is 0 Å². The monoisotopic (exact) mass is 457 g/mol. The van der Waals surface area contributed by atoms with Crippen LogP contribution >= 0.6 is 0 Å². The standard InChI is InChI=1S/C24H24FNO5S/c1-17(31-21-10-6-9-20(15-21)30-2)24(27)26-16-23(18-7-4-3-5-8-18)32(28,29)22-13-11-19(25)12-14-22/h3-15,17,23H,16H2,1-2H3,(H,26,27). The lowest BCUT2D eigenvalue weighted by molar-refractivity contribution is -0.127. The van der Waals surface area contributed by atoms with Crippen molar-refractivity contribution in [3.63, 3.8) is 0 Å². The minimum Gasteiger partial charge on any atom is -0.497 e. The van der Waals surface area contributed by atoms with E-state index in [0.29, 0.717) is 17.1 Å². The van der Waals surface area contributed by atoms with Gasteiger partial charge < -0.3 is 14.8 Å². The molecule has 2 unspecified atom stereocenters. The molecule has 0 aliphatic rings. The van der Waals surface area contributed by atoms with Gasteiger partial charge in [0.2, 0.25) is 0 Å². The van der Waals surface area contributed by atoms with Gasteiger partial charge in [-0.05, 0) is 48.9 Å². The summed E-state index contributed by atoms with van der Waals surface area (Å²) in [5.41, 5.74) is 0.512. The Kier molecular flexibility index (Phi) is 7.48. The smallest absolute Gasteiger partial charge is 0.260 e. The zero-order valence-corrected chi connectivity index (χ0v) is 18.5. The highest BCUT2D eigenvalue weighted by Gasteiger charge is 2.30. The first-order valence-electron chi connectivity index (χ1n) is 9.94. The molecular formula is C24H24FNO5S. The zero-order chi connectivity index (χ0) is 23.1. The second-order valence-electron chi connectivity index (χ2n) is 7.08. The molecule has 168 valence electrons. The molecule has 1 amide bonds. The van der Waals surface area contributed by atoms with Gasteiger partial charge >= 0.3 is 0 Å². The van der Waals surface area contributed by atoms with E-state index in [2.05, 4.69) is 5.32 Å². The molecule has 0 aliphatic carbocycles. The molecule has 32 heavy (non-hydrogen) atoms. The summed E-state index contributed by atoms with van der Waals surface area (Å²) in [7, 11) is -2.37. The maximum absolute atomic E-state index is 13.3. The van der Waals surface area contributed by atoms with Gasteiger partial charge in [-0.2, -0.15) is 0 Å². The Bertz CT molecular complexity index is 1150. The Labute approximate surface area is 186 Å². The first-order chi connectivity index (χ1) is 15.3. The highest BCUT2D eigenvalue weighted by atomic mass is 32.2. The van der Waals surface area contributed by atoms with Crippen molar-refractivity contribution in [2.75, 3.05) is 13.7 Å². The number of rotatable bonds is 9. The molecule has 0 saturated heterocycles. The number of hydrogen-bond acceptors (Lipinski definition) is 5. The van der Waals surface area contributed by atoms with E-state index >= 15 is 0 Å². The Hall–Kier alpha value is -3.39. The normalized spacial score (nSPS) is 13.1. The van der Waals surface area contributed by atoms with Gasteiger partial charge in [0.1, 0.15) is 22.6 Å². The number of benzene rings is 3. The molecule has 0 heterocycles. The van der Waals surface area contributed by atoms with Gasteiger partial charge in [-0.1, -0.05) is 36.4 Å². The molecule has 0 aliphatic heterocycles. The fraction of sp³-hybridized carbons (Fsp3) is 0.208. The Morgan fingerprint density at radius 3 is 2.28 bits per heavy atom. The summed E-state index contributed by atoms with van der Waals surface area (Å²) in [6.45, 7) is 1.40. The van der Waals surface area contributed by atoms with Crippen molar-refractivity contribution < 1.29 is 27.1 Å². The van der Waals surface area contributed by atoms with Crippen LogP contribution in [0.4, 0.5) is 4.39 Å². The molecule has 1 N–H and O–H groups in total. The quantitative estimate of drug-likeness (QED) is 0.493. The van der Waals surface area contributed by atoms with Crippen LogP contribution in [0.15, 0.2) is 83.8 Å². The van der Waals surface area contributed by atoms with Gasteiger partial charge in [0.05, 0.1) is 12.0 Å². The molecule has 0 fully saturated rings. The summed E-state index contributed by atoms with van der Waals surface area (Å²) in [6, 6.07) is 20.0. The largest absolute Gasteiger partial charge is 0.497 e. The summed E-state index contributed by atoms with van der Waals surface area (Å²) >= 11 is 0. The molecule has 0 radical (unpaired) electrons. The summed E-state index contributed by atoms with van der Waals surface area (Å²) in [6.07, 6.45) is -0.868. The Morgan fingerprint density at radius 1 is 0.969 bits per heavy atom. The van der Waals surface area contributed by atoms with Crippen molar-refractivity contribution in [2.24, 2.45) is 0 Å². The second-order valence-corrected chi connectivity index (χ2v) is 9.21. The maximum Gasteiger partial charge on any atom is 0.260 e. The molecular weight excluding hydrogens is 433 g/mol. The third-order valence-electron chi connectivity index (χ3n) is 4.87. The van der Waals surface area contributed by atoms with Crippen molar-refractivity contribution in [1.82, 2.24) is 5.32 Å². The van der Waals surface area contributed by atoms with Gasteiger partial charge in [0, 0.05) is 12.6 Å². The molecule has 0 saturated carbocycles. The average molecular weight is 458 g/mol. The van der Waals surface area contributed by atoms with E-state index in [0.717, 1.165) is 12.1 Å². The van der Waals surface area contributed by atoms with E-state index in [1.807, 2.05) is 0 Å². The van der Waals surface area contributed by atoms with Crippen molar-refractivity contribution in [3.8, 4) is 11.5 Å². The van der Waals surface area contributed by atoms with E-state index in [-0.39, 0.29) is 11.4 Å². The molecule has 3 aromatic carbocycles. The van der Waals surface area contributed by atoms with E-state index in [1.54, 1.807) is 61.5 Å². The van der Waals surface area contributed by atoms with Gasteiger partial charge in [0.25, 0.3) is 5.91 Å². The van der Waals surface area contributed by atoms with Crippen LogP contribution in [0, 0.1) is 5.82 Å². The Morgan fingerprint density at radius 2 is 1.62 bits per heavy atom. The number of sulfone groups is 1. The third-order valence-corrected chi connectivity index (χ3v) is 6.99. The minimum atomic E-state index is -3.90. The SMILES string of the molecule is COc1cccc(OC(C)C(=O)NCC(c2ccccc2)S(=O)(=O)c2ccc(F)cc2)c1. The van der Waals surface area contributed by atoms with Crippen LogP contribution < -0.4 is 14.8 Å². The summed E-state index contributed by atoms with van der Waals surface area (Å²) in [5, 5.41) is 1.62. The molecule has 0 spiro atoms. The van der Waals surface area contributed by atoms with Crippen molar-refractivity contribution in [3.05, 3.63) is 90.2 Å². The van der Waals surface area contributed by atoms with Gasteiger partial charge in [0.15, 0.2) is 15.9 Å². The molecule has 0 aromatic heterocycles. The lowest BCUT2D eigenvalue weighted by Crippen LogP contribution is -2.39. The van der Waals surface area contributed by atoms with E-state index in [1.165, 1.54) is 19.2 Å². The maximum atomic E-state index is 13.3. The molecule has 6 nitrogen and oxygen atoms in total. The van der Waals surface area contributed by atoms with Gasteiger partial charge in [-0.15, -0.1) is 0 Å². The number of nitrogens with one attached hydrogen (secondary N) is 1. The first kappa shape index (κ1) is 23.3. The van der Waals surface area contributed by atoms with Crippen LogP contribution in [0.2, 0.25) is 0 Å². The number of methoxy groups -OCH3 is 1. The predicted octanol–water partition coefficient (Wildman–Crippen LogP) is 3.93. The second kappa shape index (κ2) is 10.3. The topological polar surface area (TPSA) is 81.7 Å². The van der Waals surface area contributed by atoms with Crippen molar-refractivity contribution in [2.45, 2.75) is 23.2 Å². The van der Waals surface area contributed by atoms with Crippen molar-refractivity contribution >= 4 is 15.7 Å². The van der Waals surface area contributed by atoms with E-state index in [9.17, 15) is 17.6 Å². The zero-order valence-electron chi connectivity index (χ0n) is 17.7. The third kappa shape index (κ3) is 5.64. The van der Waals surface area contributed by atoms with Gasteiger partial charge in [-0.25, -0.2) is 12.8 Å². The molecule has 2 atom stereocenters. The number of amides is 1. The lowest BCUT2D eigenvalue weighted by Gasteiger charge is -2.21. The fourth-order valence-electron chi connectivity index (χ4n) is 3.13. The van der Waals surface area contributed by atoms with E-state index in [4.69, 9.17) is 9.47 Å². The number of carbonyl (C=O) groups is 1. The molecule has 0 bridgehead atoms. The fourth-order valence-corrected chi connectivity index (χ4v) is 4.79. The van der Waals surface area contributed by atoms with Crippen LogP contribution in [0.25, 0.3) is 0 Å². The van der Waals surface area contributed by atoms with Crippen LogP contribution in [0.5, 0.6) is 11.5 Å². The van der Waals surface area contributed by atoms with Gasteiger partial charge in [-0.3, -0.25) is 4.79 Å². The minimum absolute atomic E-state index is 0.0253. The number of halogens is 1. The molecule has 3 rings (SSSR count). The Balaban J connectivity index is 1.76. The summed E-state index contributed by atoms with van der Waals surface area (Å²) < 4.78 is 50.6. The predicted molar refractivity (Wildman–Crippen MR) is 119 cm³/mol. The van der Waals surface area contributed by atoms with Crippen LogP contribution in [-0.4, -0.2) is 34.1 Å². The number of carbonyl (C=O) groups excluding carboxylic acids is 1. The van der Waals surface area contributed by atoms with Crippen LogP contribution in [0.1, 0.15) is 17.7 Å². The highest BCUT2D eigenvalue weighted by Crippen LogP contribution is 2.29. The summed E-state index contributed by atoms with van der Waals surface area (Å²) in [5.74, 6) is 0.0373. The van der Waals surface area contributed by atoms with Crippen LogP contribution in [-0.2, 0) is 14.6 Å². The summed E-state index contributed by atoms with van der Waals surface area (Å²) in [4.78, 5) is 12.6. The number of hydrogen-bond donors (Lipinski definition) is 1. The lowest BCUT2D eigenvalue weighted by atomic mass is 10.1. The highest BCUT2D eigenvalue weighted by molar-refractivity contribution is 7.91. The van der Waals surface area contributed by atoms with E-state index < -0.39 is 32.9 Å². The van der Waals surface area contributed by atoms with Crippen molar-refractivity contribution in [1.29, 1.82) is 0 Å². The average Bonchev–Trinajstić information content (AvgIpc) is 2.80. The number of ether oxygens (including phenoxy) is 2. The molecule has 8 heteroatoms. The first-order valence-corrected chi connectivity index (χ1v) is 11.5.